The van der Waals surface area contributed by atoms with E-state index in [9.17, 15) is 0 Å². The molecule has 1 heterocycles. The topological polar surface area (TPSA) is 12.0 Å². The van der Waals surface area contributed by atoms with E-state index in [0.717, 1.165) is 6.42 Å². The van der Waals surface area contributed by atoms with E-state index in [4.69, 9.17) is 0 Å². The molecule has 1 saturated heterocycles. The van der Waals surface area contributed by atoms with E-state index in [1.807, 2.05) is 0 Å². The van der Waals surface area contributed by atoms with Crippen molar-refractivity contribution in [3.8, 4) is 0 Å². The average Bonchev–Trinajstić information content (AvgIpc) is 2.66. The van der Waals surface area contributed by atoms with Gasteiger partial charge in [0.2, 0.25) is 0 Å². The van der Waals surface area contributed by atoms with E-state index in [-0.39, 0.29) is 0 Å². The van der Waals surface area contributed by atoms with Crippen LogP contribution in [0.3, 0.4) is 0 Å². The highest BCUT2D eigenvalue weighted by atomic mass is 32.2. The van der Waals surface area contributed by atoms with Crippen molar-refractivity contribution in [2.24, 2.45) is 0 Å². The lowest BCUT2D eigenvalue weighted by atomic mass is 9.91. The van der Waals surface area contributed by atoms with Crippen LogP contribution in [0.1, 0.15) is 25.3 Å². The average molecular weight is 221 g/mol. The normalized spacial score (nSPS) is 25.7. The molecule has 2 rings (SSSR count). The summed E-state index contributed by atoms with van der Waals surface area (Å²) in [6.07, 6.45) is 5.90. The highest BCUT2D eigenvalue weighted by molar-refractivity contribution is 7.98. The van der Waals surface area contributed by atoms with Crippen LogP contribution in [0.25, 0.3) is 0 Å². The molecule has 0 amide bonds. The number of benzene rings is 1. The Kier molecular flexibility index (Phi) is 3.37. The Hall–Kier alpha value is -0.470. The van der Waals surface area contributed by atoms with E-state index < -0.39 is 0 Å². The standard InChI is InChI=1S/C13H19NS/c1-13(8-3-9-14-13)10-11-4-6-12(15-2)7-5-11/h4-7,14H,3,8-10H2,1-2H3. The van der Waals surface area contributed by atoms with E-state index in [2.05, 4.69) is 42.8 Å². The molecule has 1 aliphatic heterocycles. The Balaban J connectivity index is 2.04. The SMILES string of the molecule is CSc1ccc(CC2(C)CCCN2)cc1. The molecule has 15 heavy (non-hydrogen) atoms. The van der Waals surface area contributed by atoms with Gasteiger partial charge in [0.05, 0.1) is 0 Å². The molecular weight excluding hydrogens is 202 g/mol. The lowest BCUT2D eigenvalue weighted by molar-refractivity contribution is 0.412. The molecule has 1 aromatic rings. The lowest BCUT2D eigenvalue weighted by Crippen LogP contribution is -2.38. The third-order valence-electron chi connectivity index (χ3n) is 3.21. The third-order valence-corrected chi connectivity index (χ3v) is 3.95. The van der Waals surface area contributed by atoms with Crippen molar-refractivity contribution in [3.63, 3.8) is 0 Å². The monoisotopic (exact) mass is 221 g/mol. The predicted octanol–water partition coefficient (Wildman–Crippen LogP) is 3.09. The molecule has 1 atom stereocenters. The van der Waals surface area contributed by atoms with Gasteiger partial charge < -0.3 is 5.32 Å². The first-order valence-corrected chi connectivity index (χ1v) is 6.82. The number of rotatable bonds is 3. The maximum atomic E-state index is 3.60. The Bertz CT molecular complexity index is 312. The fourth-order valence-corrected chi connectivity index (χ4v) is 2.71. The van der Waals surface area contributed by atoms with Crippen LogP contribution in [-0.4, -0.2) is 18.3 Å². The van der Waals surface area contributed by atoms with Crippen LogP contribution in [0.2, 0.25) is 0 Å². The fraction of sp³-hybridized carbons (Fsp3) is 0.538. The molecule has 0 aliphatic carbocycles. The van der Waals surface area contributed by atoms with Gasteiger partial charge in [-0.05, 0) is 56.7 Å². The fourth-order valence-electron chi connectivity index (χ4n) is 2.30. The summed E-state index contributed by atoms with van der Waals surface area (Å²) in [5.41, 5.74) is 1.78. The molecule has 1 nitrogen and oxygen atoms in total. The molecule has 1 unspecified atom stereocenters. The van der Waals surface area contributed by atoms with Crippen LogP contribution in [0.15, 0.2) is 29.2 Å². The molecule has 82 valence electrons. The second kappa shape index (κ2) is 4.58. The van der Waals surface area contributed by atoms with Gasteiger partial charge in [0.1, 0.15) is 0 Å². The van der Waals surface area contributed by atoms with Crippen LogP contribution in [0.5, 0.6) is 0 Å². The van der Waals surface area contributed by atoms with Crippen LogP contribution in [0.4, 0.5) is 0 Å². The van der Waals surface area contributed by atoms with Crippen molar-refractivity contribution < 1.29 is 0 Å². The van der Waals surface area contributed by atoms with Crippen molar-refractivity contribution >= 4 is 11.8 Å². The first-order chi connectivity index (χ1) is 7.22. The van der Waals surface area contributed by atoms with E-state index >= 15 is 0 Å². The Labute approximate surface area is 96.7 Å². The van der Waals surface area contributed by atoms with Crippen molar-refractivity contribution in [2.45, 2.75) is 36.6 Å². The zero-order chi connectivity index (χ0) is 10.7. The first-order valence-electron chi connectivity index (χ1n) is 5.60. The van der Waals surface area contributed by atoms with Crippen molar-refractivity contribution in [1.82, 2.24) is 5.32 Å². The molecule has 2 heteroatoms. The molecule has 0 radical (unpaired) electrons. The minimum atomic E-state index is 0.334. The lowest BCUT2D eigenvalue weighted by Gasteiger charge is -2.24. The van der Waals surface area contributed by atoms with Gasteiger partial charge in [-0.3, -0.25) is 0 Å². The van der Waals surface area contributed by atoms with Crippen LogP contribution in [0, 0.1) is 0 Å². The van der Waals surface area contributed by atoms with Crippen molar-refractivity contribution in [1.29, 1.82) is 0 Å². The molecule has 1 fully saturated rings. The van der Waals surface area contributed by atoms with Crippen molar-refractivity contribution in [2.75, 3.05) is 12.8 Å². The molecule has 0 bridgehead atoms. The molecule has 1 N–H and O–H groups in total. The van der Waals surface area contributed by atoms with Gasteiger partial charge >= 0.3 is 0 Å². The Morgan fingerprint density at radius 3 is 2.60 bits per heavy atom. The van der Waals surface area contributed by atoms with E-state index in [1.54, 1.807) is 11.8 Å². The van der Waals surface area contributed by atoms with Gasteiger partial charge in [0.25, 0.3) is 0 Å². The highest BCUT2D eigenvalue weighted by Gasteiger charge is 2.27. The summed E-state index contributed by atoms with van der Waals surface area (Å²) in [5.74, 6) is 0. The van der Waals surface area contributed by atoms with Gasteiger partial charge in [-0.15, -0.1) is 11.8 Å². The second-order valence-electron chi connectivity index (χ2n) is 4.62. The number of hydrogen-bond acceptors (Lipinski definition) is 2. The van der Waals surface area contributed by atoms with Gasteiger partial charge in [0.15, 0.2) is 0 Å². The maximum absolute atomic E-state index is 3.60. The molecule has 0 saturated carbocycles. The summed E-state index contributed by atoms with van der Waals surface area (Å²) >= 11 is 1.80. The van der Waals surface area contributed by atoms with Crippen LogP contribution in [-0.2, 0) is 6.42 Å². The van der Waals surface area contributed by atoms with Gasteiger partial charge in [-0.1, -0.05) is 12.1 Å². The quantitative estimate of drug-likeness (QED) is 0.787. The second-order valence-corrected chi connectivity index (χ2v) is 5.50. The van der Waals surface area contributed by atoms with Gasteiger partial charge in [-0.2, -0.15) is 0 Å². The molecule has 0 spiro atoms. The molecule has 1 aliphatic rings. The van der Waals surface area contributed by atoms with Crippen LogP contribution < -0.4 is 5.32 Å². The van der Waals surface area contributed by atoms with E-state index in [1.165, 1.54) is 29.8 Å². The minimum Gasteiger partial charge on any atom is -0.311 e. The highest BCUT2D eigenvalue weighted by Crippen LogP contribution is 2.24. The predicted molar refractivity (Wildman–Crippen MR) is 67.6 cm³/mol. The number of thioether (sulfide) groups is 1. The summed E-state index contributed by atoms with van der Waals surface area (Å²) in [5, 5.41) is 3.60. The van der Waals surface area contributed by atoms with Gasteiger partial charge in [-0.25, -0.2) is 0 Å². The zero-order valence-electron chi connectivity index (χ0n) is 9.55. The Morgan fingerprint density at radius 2 is 2.07 bits per heavy atom. The van der Waals surface area contributed by atoms with Crippen molar-refractivity contribution in [3.05, 3.63) is 29.8 Å². The first kappa shape index (κ1) is 11.0. The summed E-state index contributed by atoms with van der Waals surface area (Å²) in [4.78, 5) is 1.35. The number of nitrogens with one attached hydrogen (secondary N) is 1. The van der Waals surface area contributed by atoms with E-state index in [0.29, 0.717) is 5.54 Å². The zero-order valence-corrected chi connectivity index (χ0v) is 10.4. The summed E-state index contributed by atoms with van der Waals surface area (Å²) < 4.78 is 0. The smallest absolute Gasteiger partial charge is 0.0194 e. The largest absolute Gasteiger partial charge is 0.311 e. The van der Waals surface area contributed by atoms with Crippen LogP contribution >= 0.6 is 11.8 Å². The molecule has 0 aromatic heterocycles. The maximum Gasteiger partial charge on any atom is 0.0194 e. The Morgan fingerprint density at radius 1 is 1.33 bits per heavy atom. The molecular formula is C13H19NS. The summed E-state index contributed by atoms with van der Waals surface area (Å²) in [6, 6.07) is 8.96. The number of hydrogen-bond donors (Lipinski definition) is 1. The minimum absolute atomic E-state index is 0.334. The third kappa shape index (κ3) is 2.76. The summed E-state index contributed by atoms with van der Waals surface area (Å²) in [7, 11) is 0. The molecule has 1 aromatic carbocycles. The summed E-state index contributed by atoms with van der Waals surface area (Å²) in [6.45, 7) is 3.52. The van der Waals surface area contributed by atoms with Gasteiger partial charge in [0, 0.05) is 10.4 Å².